The molecule has 0 unspecified atom stereocenters. The molecule has 1 aromatic carbocycles. The number of anilines is 1. The molecule has 0 fully saturated rings. The highest BCUT2D eigenvalue weighted by Crippen LogP contribution is 2.13. The summed E-state index contributed by atoms with van der Waals surface area (Å²) in [6, 6.07) is 9.18. The van der Waals surface area contributed by atoms with Gasteiger partial charge in [-0.2, -0.15) is 0 Å². The number of carbonyl (C=O) groups excluding carboxylic acids is 1. The minimum Gasteiger partial charge on any atom is -0.484 e. The van der Waals surface area contributed by atoms with E-state index in [-0.39, 0.29) is 12.5 Å². The molecule has 0 aliphatic rings. The molecule has 0 aliphatic carbocycles. The zero-order valence-corrected chi connectivity index (χ0v) is 11.3. The monoisotopic (exact) mass is 271 g/mol. The Hall–Kier alpha value is -2.40. The van der Waals surface area contributed by atoms with Crippen LogP contribution in [0.15, 0.2) is 42.7 Å². The molecule has 5 nitrogen and oxygen atoms in total. The lowest BCUT2D eigenvalue weighted by molar-refractivity contribution is -0.118. The third-order valence-electron chi connectivity index (χ3n) is 2.84. The molecule has 2 rings (SSSR count). The quantitative estimate of drug-likeness (QED) is 0.870. The Morgan fingerprint density at radius 3 is 2.70 bits per heavy atom. The number of nitrogens with one attached hydrogen (secondary N) is 1. The molecule has 1 heterocycles. The summed E-state index contributed by atoms with van der Waals surface area (Å²) in [5, 5.41) is 2.76. The average Bonchev–Trinajstić information content (AvgIpc) is 2.48. The lowest BCUT2D eigenvalue weighted by atomic mass is 10.2. The van der Waals surface area contributed by atoms with Gasteiger partial charge < -0.3 is 15.8 Å². The first-order chi connectivity index (χ1) is 9.69. The number of hydrogen-bond acceptors (Lipinski definition) is 4. The van der Waals surface area contributed by atoms with Crippen LogP contribution in [0.5, 0.6) is 5.75 Å². The fraction of sp³-hybridized carbons (Fsp3) is 0.200. The van der Waals surface area contributed by atoms with Crippen LogP contribution in [0.2, 0.25) is 0 Å². The van der Waals surface area contributed by atoms with Gasteiger partial charge in [0.1, 0.15) is 5.75 Å². The number of rotatable bonds is 5. The predicted octanol–water partition coefficient (Wildman–Crippen LogP) is 1.87. The normalized spacial score (nSPS) is 10.1. The van der Waals surface area contributed by atoms with Gasteiger partial charge in [0.2, 0.25) is 0 Å². The second-order valence-corrected chi connectivity index (χ2v) is 4.38. The van der Waals surface area contributed by atoms with Gasteiger partial charge in [-0.05, 0) is 36.2 Å². The van der Waals surface area contributed by atoms with E-state index < -0.39 is 0 Å². The number of hydrogen-bond donors (Lipinski definition) is 2. The minimum atomic E-state index is -0.219. The van der Waals surface area contributed by atoms with E-state index in [1.807, 2.05) is 25.1 Å². The standard InChI is InChI=1S/C15H17N3O2/c1-11-6-7-17-9-14(11)18-15(19)10-20-13-4-2-12(8-16)3-5-13/h2-7,9H,8,10,16H2,1H3,(H,18,19). The number of benzene rings is 1. The molecule has 0 saturated carbocycles. The van der Waals surface area contributed by atoms with Crippen molar-refractivity contribution < 1.29 is 9.53 Å². The maximum Gasteiger partial charge on any atom is 0.262 e. The molecule has 1 aromatic heterocycles. The summed E-state index contributed by atoms with van der Waals surface area (Å²) in [4.78, 5) is 15.7. The van der Waals surface area contributed by atoms with E-state index >= 15 is 0 Å². The lowest BCUT2D eigenvalue weighted by Gasteiger charge is -2.09. The van der Waals surface area contributed by atoms with E-state index in [1.54, 1.807) is 24.5 Å². The van der Waals surface area contributed by atoms with Crippen molar-refractivity contribution in [3.8, 4) is 5.75 Å². The highest BCUT2D eigenvalue weighted by atomic mass is 16.5. The van der Waals surface area contributed by atoms with E-state index in [1.165, 1.54) is 0 Å². The van der Waals surface area contributed by atoms with Crippen LogP contribution in [0.1, 0.15) is 11.1 Å². The molecule has 2 aromatic rings. The van der Waals surface area contributed by atoms with Crippen LogP contribution in [0.25, 0.3) is 0 Å². The Morgan fingerprint density at radius 2 is 2.05 bits per heavy atom. The van der Waals surface area contributed by atoms with Gasteiger partial charge in [-0.15, -0.1) is 0 Å². The van der Waals surface area contributed by atoms with Crippen molar-refractivity contribution in [2.75, 3.05) is 11.9 Å². The molecule has 104 valence electrons. The molecule has 20 heavy (non-hydrogen) atoms. The Kier molecular flexibility index (Phi) is 4.68. The van der Waals surface area contributed by atoms with Gasteiger partial charge >= 0.3 is 0 Å². The molecule has 0 atom stereocenters. The summed E-state index contributed by atoms with van der Waals surface area (Å²) >= 11 is 0. The largest absolute Gasteiger partial charge is 0.484 e. The third-order valence-corrected chi connectivity index (χ3v) is 2.84. The second-order valence-electron chi connectivity index (χ2n) is 4.38. The van der Waals surface area contributed by atoms with Crippen LogP contribution in [0, 0.1) is 6.92 Å². The summed E-state index contributed by atoms with van der Waals surface area (Å²) in [5.74, 6) is 0.421. The Morgan fingerprint density at radius 1 is 1.30 bits per heavy atom. The minimum absolute atomic E-state index is 0.0453. The fourth-order valence-electron chi connectivity index (χ4n) is 1.65. The zero-order valence-electron chi connectivity index (χ0n) is 11.3. The highest BCUT2D eigenvalue weighted by Gasteiger charge is 2.05. The summed E-state index contributed by atoms with van der Waals surface area (Å²) in [6.07, 6.45) is 3.30. The molecule has 0 spiro atoms. The molecule has 3 N–H and O–H groups in total. The molecule has 5 heteroatoms. The van der Waals surface area contributed by atoms with Crippen LogP contribution in [0.4, 0.5) is 5.69 Å². The molecule has 0 radical (unpaired) electrons. The van der Waals surface area contributed by atoms with Crippen LogP contribution < -0.4 is 15.8 Å². The fourth-order valence-corrected chi connectivity index (χ4v) is 1.65. The van der Waals surface area contributed by atoms with Crippen molar-refractivity contribution in [2.45, 2.75) is 13.5 Å². The van der Waals surface area contributed by atoms with Gasteiger partial charge in [-0.25, -0.2) is 0 Å². The number of aromatic nitrogens is 1. The van der Waals surface area contributed by atoms with E-state index in [0.717, 1.165) is 11.1 Å². The summed E-state index contributed by atoms with van der Waals surface area (Å²) in [6.45, 7) is 2.35. The summed E-state index contributed by atoms with van der Waals surface area (Å²) in [7, 11) is 0. The van der Waals surface area contributed by atoms with Crippen molar-refractivity contribution >= 4 is 11.6 Å². The van der Waals surface area contributed by atoms with Gasteiger partial charge in [-0.3, -0.25) is 9.78 Å². The number of amides is 1. The van der Waals surface area contributed by atoms with Crippen LogP contribution in [-0.2, 0) is 11.3 Å². The number of aryl methyl sites for hydroxylation is 1. The first kappa shape index (κ1) is 14.0. The van der Waals surface area contributed by atoms with Gasteiger partial charge in [0.05, 0.1) is 11.9 Å². The maximum atomic E-state index is 11.8. The highest BCUT2D eigenvalue weighted by molar-refractivity contribution is 5.92. The maximum absolute atomic E-state index is 11.8. The first-order valence-electron chi connectivity index (χ1n) is 6.31. The molecule has 0 saturated heterocycles. The van der Waals surface area contributed by atoms with Gasteiger partial charge in [0.15, 0.2) is 6.61 Å². The smallest absolute Gasteiger partial charge is 0.262 e. The van der Waals surface area contributed by atoms with Crippen molar-refractivity contribution in [3.63, 3.8) is 0 Å². The molecular formula is C15H17N3O2. The Labute approximate surface area is 117 Å². The number of nitrogens with two attached hydrogens (primary N) is 1. The first-order valence-corrected chi connectivity index (χ1v) is 6.31. The zero-order chi connectivity index (χ0) is 14.4. The second kappa shape index (κ2) is 6.68. The van der Waals surface area contributed by atoms with Crippen molar-refractivity contribution in [2.24, 2.45) is 5.73 Å². The summed E-state index contributed by atoms with van der Waals surface area (Å²) < 4.78 is 5.41. The van der Waals surface area contributed by atoms with Crippen LogP contribution in [0.3, 0.4) is 0 Å². The molecule has 0 bridgehead atoms. The van der Waals surface area contributed by atoms with Gasteiger partial charge in [0.25, 0.3) is 5.91 Å². The molecular weight excluding hydrogens is 254 g/mol. The Balaban J connectivity index is 1.87. The third kappa shape index (κ3) is 3.80. The van der Waals surface area contributed by atoms with E-state index in [9.17, 15) is 4.79 Å². The van der Waals surface area contributed by atoms with E-state index in [4.69, 9.17) is 10.5 Å². The predicted molar refractivity (Wildman–Crippen MR) is 77.4 cm³/mol. The Bertz CT molecular complexity index is 582. The number of pyridine rings is 1. The number of ether oxygens (including phenoxy) is 1. The SMILES string of the molecule is Cc1ccncc1NC(=O)COc1ccc(CN)cc1. The topological polar surface area (TPSA) is 77.2 Å². The van der Waals surface area contributed by atoms with Gasteiger partial charge in [-0.1, -0.05) is 12.1 Å². The molecule has 1 amide bonds. The van der Waals surface area contributed by atoms with E-state index in [0.29, 0.717) is 18.0 Å². The summed E-state index contributed by atoms with van der Waals surface area (Å²) in [5.41, 5.74) is 8.19. The van der Waals surface area contributed by atoms with Crippen molar-refractivity contribution in [1.82, 2.24) is 4.98 Å². The van der Waals surface area contributed by atoms with Crippen molar-refractivity contribution in [1.29, 1.82) is 0 Å². The lowest BCUT2D eigenvalue weighted by Crippen LogP contribution is -2.20. The van der Waals surface area contributed by atoms with Crippen LogP contribution in [-0.4, -0.2) is 17.5 Å². The number of nitrogens with zero attached hydrogens (tertiary/aromatic N) is 1. The average molecular weight is 271 g/mol. The van der Waals surface area contributed by atoms with E-state index in [2.05, 4.69) is 10.3 Å². The number of carbonyl (C=O) groups is 1. The van der Waals surface area contributed by atoms with Crippen LogP contribution >= 0.6 is 0 Å². The van der Waals surface area contributed by atoms with Crippen molar-refractivity contribution in [3.05, 3.63) is 53.9 Å². The molecule has 0 aliphatic heterocycles. The van der Waals surface area contributed by atoms with Gasteiger partial charge in [0, 0.05) is 12.7 Å².